The number of hydrogen-bond donors (Lipinski definition) is 2. The maximum atomic E-state index is 13.3. The van der Waals surface area contributed by atoms with Crippen LogP contribution in [0.2, 0.25) is 0 Å². The zero-order chi connectivity index (χ0) is 14.7. The summed E-state index contributed by atoms with van der Waals surface area (Å²) in [5.41, 5.74) is 4.75. The number of carbonyl (C=O) groups excluding carboxylic acids is 1. The molecule has 0 fully saturated rings. The number of rotatable bonds is 4. The third kappa shape index (κ3) is 3.69. The summed E-state index contributed by atoms with van der Waals surface area (Å²) in [7, 11) is 0. The van der Waals surface area contributed by atoms with Gasteiger partial charge in [0.25, 0.3) is 12.3 Å². The first kappa shape index (κ1) is 15.5. The maximum absolute atomic E-state index is 13.3. The van der Waals surface area contributed by atoms with Crippen LogP contribution in [0.1, 0.15) is 5.56 Å². The van der Waals surface area contributed by atoms with Crippen molar-refractivity contribution in [1.82, 2.24) is 5.32 Å². The SMILES string of the molecule is C=C(C(=O)NC(F)C(F)F)c1cc(F)c(N)cc1Br. The zero-order valence-corrected chi connectivity index (χ0v) is 11.0. The van der Waals surface area contributed by atoms with Crippen LogP contribution in [0.5, 0.6) is 0 Å². The molecule has 0 radical (unpaired) electrons. The first-order valence-electron chi connectivity index (χ1n) is 4.91. The lowest BCUT2D eigenvalue weighted by atomic mass is 10.1. The molecule has 3 N–H and O–H groups in total. The van der Waals surface area contributed by atoms with Crippen LogP contribution in [0.4, 0.5) is 23.2 Å². The Hall–Kier alpha value is -1.57. The second-order valence-corrected chi connectivity index (χ2v) is 4.40. The fourth-order valence-corrected chi connectivity index (χ4v) is 1.79. The molecule has 1 unspecified atom stereocenters. The Morgan fingerprint density at radius 3 is 2.47 bits per heavy atom. The van der Waals surface area contributed by atoms with Crippen LogP contribution in [0, 0.1) is 5.82 Å². The van der Waals surface area contributed by atoms with Crippen LogP contribution < -0.4 is 11.1 Å². The van der Waals surface area contributed by atoms with Crippen molar-refractivity contribution in [2.24, 2.45) is 0 Å². The van der Waals surface area contributed by atoms with Gasteiger partial charge in [0, 0.05) is 15.6 Å². The van der Waals surface area contributed by atoms with E-state index in [1.807, 2.05) is 0 Å². The molecule has 0 aliphatic rings. The number of benzene rings is 1. The predicted octanol–water partition coefficient (Wildman–Crippen LogP) is 2.86. The summed E-state index contributed by atoms with van der Waals surface area (Å²) in [6, 6.07) is 2.08. The maximum Gasteiger partial charge on any atom is 0.287 e. The predicted molar refractivity (Wildman–Crippen MR) is 66.6 cm³/mol. The number of amides is 1. The molecule has 1 atom stereocenters. The largest absolute Gasteiger partial charge is 0.396 e. The lowest BCUT2D eigenvalue weighted by molar-refractivity contribution is -0.119. The van der Waals surface area contributed by atoms with Crippen molar-refractivity contribution >= 4 is 33.1 Å². The fourth-order valence-electron chi connectivity index (χ4n) is 1.19. The van der Waals surface area contributed by atoms with E-state index in [9.17, 15) is 22.4 Å². The van der Waals surface area contributed by atoms with Gasteiger partial charge in [0.15, 0.2) is 0 Å². The summed E-state index contributed by atoms with van der Waals surface area (Å²) in [5, 5.41) is 1.41. The molecule has 1 aromatic rings. The topological polar surface area (TPSA) is 55.1 Å². The number of carbonyl (C=O) groups is 1. The van der Waals surface area contributed by atoms with Crippen molar-refractivity contribution in [1.29, 1.82) is 0 Å². The van der Waals surface area contributed by atoms with Crippen molar-refractivity contribution in [3.8, 4) is 0 Å². The molecule has 0 aromatic heterocycles. The second-order valence-electron chi connectivity index (χ2n) is 3.54. The van der Waals surface area contributed by atoms with Crippen LogP contribution in [-0.2, 0) is 4.79 Å². The van der Waals surface area contributed by atoms with Crippen LogP contribution >= 0.6 is 15.9 Å². The molecule has 0 aliphatic heterocycles. The molecular formula is C11H9BrF4N2O. The summed E-state index contributed by atoms with van der Waals surface area (Å²) in [4.78, 5) is 11.4. The van der Waals surface area contributed by atoms with E-state index < -0.39 is 24.4 Å². The van der Waals surface area contributed by atoms with E-state index in [2.05, 4.69) is 22.5 Å². The van der Waals surface area contributed by atoms with Gasteiger partial charge in [0.05, 0.1) is 5.69 Å². The summed E-state index contributed by atoms with van der Waals surface area (Å²) in [5.74, 6) is -1.98. The molecular weight excluding hydrogens is 332 g/mol. The van der Waals surface area contributed by atoms with Crippen LogP contribution in [-0.4, -0.2) is 18.6 Å². The molecule has 0 spiro atoms. The van der Waals surface area contributed by atoms with Gasteiger partial charge in [0.2, 0.25) is 6.30 Å². The third-order valence-electron chi connectivity index (χ3n) is 2.18. The second kappa shape index (κ2) is 6.05. The molecule has 0 saturated heterocycles. The molecule has 0 bridgehead atoms. The molecule has 1 amide bonds. The van der Waals surface area contributed by atoms with E-state index in [0.717, 1.165) is 6.07 Å². The van der Waals surface area contributed by atoms with Crippen LogP contribution in [0.25, 0.3) is 5.57 Å². The number of halogens is 5. The number of nitrogens with one attached hydrogen (secondary N) is 1. The highest BCUT2D eigenvalue weighted by atomic mass is 79.9. The monoisotopic (exact) mass is 340 g/mol. The first-order chi connectivity index (χ1) is 8.73. The van der Waals surface area contributed by atoms with Gasteiger partial charge in [-0.05, 0) is 12.1 Å². The Kier molecular flexibility index (Phi) is 4.93. The number of hydrogen-bond acceptors (Lipinski definition) is 2. The van der Waals surface area contributed by atoms with Crippen LogP contribution in [0.15, 0.2) is 23.2 Å². The highest BCUT2D eigenvalue weighted by molar-refractivity contribution is 9.10. The Balaban J connectivity index is 2.95. The fraction of sp³-hybridized carbons (Fsp3) is 0.182. The Morgan fingerprint density at radius 2 is 1.95 bits per heavy atom. The number of nitrogen functional groups attached to an aromatic ring is 1. The van der Waals surface area contributed by atoms with Gasteiger partial charge in [-0.15, -0.1) is 0 Å². The normalized spacial score (nSPS) is 12.3. The van der Waals surface area contributed by atoms with Gasteiger partial charge in [-0.25, -0.2) is 17.6 Å². The van der Waals surface area contributed by atoms with Gasteiger partial charge >= 0.3 is 0 Å². The molecule has 1 aromatic carbocycles. The summed E-state index contributed by atoms with van der Waals surface area (Å²) >= 11 is 3.02. The van der Waals surface area contributed by atoms with E-state index in [1.165, 1.54) is 11.4 Å². The Labute approximate surface area is 114 Å². The van der Waals surface area contributed by atoms with E-state index in [1.54, 1.807) is 0 Å². The minimum atomic E-state index is -3.36. The Bertz CT molecular complexity index is 522. The van der Waals surface area contributed by atoms with Crippen molar-refractivity contribution in [3.05, 3.63) is 34.6 Å². The van der Waals surface area contributed by atoms with E-state index in [4.69, 9.17) is 5.73 Å². The highest BCUT2D eigenvalue weighted by Crippen LogP contribution is 2.28. The van der Waals surface area contributed by atoms with Crippen molar-refractivity contribution in [2.45, 2.75) is 12.7 Å². The van der Waals surface area contributed by atoms with Gasteiger partial charge in [-0.3, -0.25) is 4.79 Å². The summed E-state index contributed by atoms with van der Waals surface area (Å²) in [6.07, 6.45) is -6.18. The zero-order valence-electron chi connectivity index (χ0n) is 9.39. The lowest BCUT2D eigenvalue weighted by Gasteiger charge is -2.13. The van der Waals surface area contributed by atoms with Gasteiger partial charge in [0.1, 0.15) is 5.82 Å². The van der Waals surface area contributed by atoms with E-state index >= 15 is 0 Å². The molecule has 0 saturated carbocycles. The van der Waals surface area contributed by atoms with Gasteiger partial charge in [-0.1, -0.05) is 22.5 Å². The molecule has 8 heteroatoms. The lowest BCUT2D eigenvalue weighted by Crippen LogP contribution is -2.36. The minimum absolute atomic E-state index is 0.00864. The van der Waals surface area contributed by atoms with Crippen molar-refractivity contribution in [3.63, 3.8) is 0 Å². The van der Waals surface area contributed by atoms with E-state index in [-0.39, 0.29) is 21.3 Å². The molecule has 0 aliphatic carbocycles. The quantitative estimate of drug-likeness (QED) is 0.383. The molecule has 19 heavy (non-hydrogen) atoms. The molecule has 1 rings (SSSR count). The van der Waals surface area contributed by atoms with Crippen molar-refractivity contribution < 1.29 is 22.4 Å². The van der Waals surface area contributed by atoms with Crippen LogP contribution in [0.3, 0.4) is 0 Å². The standard InChI is InChI=1S/C11H9BrF4N2O/c1-4(11(19)18-10(16)9(14)15)5-2-7(13)8(17)3-6(5)12/h2-3,9-10H,1,17H2,(H,18,19). The first-order valence-corrected chi connectivity index (χ1v) is 5.70. The van der Waals surface area contributed by atoms with Crippen molar-refractivity contribution in [2.75, 3.05) is 5.73 Å². The summed E-state index contributed by atoms with van der Waals surface area (Å²) in [6.45, 7) is 3.31. The minimum Gasteiger partial charge on any atom is -0.396 e. The summed E-state index contributed by atoms with van der Waals surface area (Å²) < 4.78 is 50.1. The van der Waals surface area contributed by atoms with Gasteiger partial charge in [-0.2, -0.15) is 0 Å². The average molecular weight is 341 g/mol. The Morgan fingerprint density at radius 1 is 1.37 bits per heavy atom. The molecule has 3 nitrogen and oxygen atoms in total. The number of nitrogens with two attached hydrogens (primary N) is 1. The number of anilines is 1. The average Bonchev–Trinajstić information content (AvgIpc) is 2.32. The molecule has 0 heterocycles. The van der Waals surface area contributed by atoms with Gasteiger partial charge < -0.3 is 11.1 Å². The molecule has 104 valence electrons. The third-order valence-corrected chi connectivity index (χ3v) is 2.83. The highest BCUT2D eigenvalue weighted by Gasteiger charge is 2.23. The van der Waals surface area contributed by atoms with E-state index in [0.29, 0.717) is 0 Å². The number of alkyl halides is 3. The smallest absolute Gasteiger partial charge is 0.287 e.